The van der Waals surface area contributed by atoms with Crippen LogP contribution in [0.25, 0.3) is 0 Å². The number of hydrogen-bond donors (Lipinski definition) is 2. The molecule has 8 heteroatoms. The van der Waals surface area contributed by atoms with Crippen molar-refractivity contribution in [3.05, 3.63) is 52.5 Å². The summed E-state index contributed by atoms with van der Waals surface area (Å²) in [5.41, 5.74) is 8.36. The second kappa shape index (κ2) is 7.67. The molecule has 0 unspecified atom stereocenters. The van der Waals surface area contributed by atoms with E-state index in [4.69, 9.17) is 22.1 Å². The maximum Gasteiger partial charge on any atom is 0.340 e. The van der Waals surface area contributed by atoms with Gasteiger partial charge < -0.3 is 20.7 Å². The number of halogens is 1. The molecule has 3 N–H and O–H groups in total. The Morgan fingerprint density at radius 3 is 2.78 bits per heavy atom. The quantitative estimate of drug-likeness (QED) is 0.620. The number of para-hydroxylation sites is 1. The summed E-state index contributed by atoms with van der Waals surface area (Å²) in [6, 6.07) is 9.91. The van der Waals surface area contributed by atoms with Gasteiger partial charge in [-0.05, 0) is 42.3 Å². The first kappa shape index (κ1) is 18.7. The van der Waals surface area contributed by atoms with Crippen molar-refractivity contribution in [3.63, 3.8) is 0 Å². The second-order valence-electron chi connectivity index (χ2n) is 6.09. The molecule has 0 saturated carbocycles. The monoisotopic (exact) mass is 387 g/mol. The van der Waals surface area contributed by atoms with Crippen molar-refractivity contribution >= 4 is 46.4 Å². The largest absolute Gasteiger partial charge is 0.452 e. The predicted octanol–water partition coefficient (Wildman–Crippen LogP) is 2.63. The van der Waals surface area contributed by atoms with Crippen LogP contribution in [0, 0.1) is 0 Å². The van der Waals surface area contributed by atoms with Crippen LogP contribution >= 0.6 is 11.6 Å². The van der Waals surface area contributed by atoms with Crippen molar-refractivity contribution < 1.29 is 19.1 Å². The van der Waals surface area contributed by atoms with Crippen molar-refractivity contribution in [2.24, 2.45) is 0 Å². The Kier molecular flexibility index (Phi) is 5.32. The number of ether oxygens (including phenoxy) is 1. The number of benzene rings is 2. The van der Waals surface area contributed by atoms with E-state index in [-0.39, 0.29) is 22.2 Å². The average molecular weight is 388 g/mol. The van der Waals surface area contributed by atoms with Crippen molar-refractivity contribution in [3.8, 4) is 0 Å². The van der Waals surface area contributed by atoms with E-state index in [2.05, 4.69) is 5.32 Å². The van der Waals surface area contributed by atoms with E-state index >= 15 is 0 Å². The molecule has 0 bridgehead atoms. The molecular formula is C19H18ClN3O4. The second-order valence-corrected chi connectivity index (χ2v) is 6.50. The van der Waals surface area contributed by atoms with Gasteiger partial charge >= 0.3 is 5.97 Å². The molecule has 1 aliphatic heterocycles. The number of carbonyl (C=O) groups is 3. The molecule has 1 aliphatic rings. The SMILES string of the molecule is CC(=O)N1CCc2cc(NC(=O)COC(=O)c3cccc(Cl)c3N)ccc21. The molecule has 0 spiro atoms. The number of amides is 2. The number of hydrogen-bond acceptors (Lipinski definition) is 5. The molecule has 140 valence electrons. The highest BCUT2D eigenvalue weighted by molar-refractivity contribution is 6.33. The van der Waals surface area contributed by atoms with Gasteiger partial charge in [-0.15, -0.1) is 0 Å². The lowest BCUT2D eigenvalue weighted by Crippen LogP contribution is -2.25. The fraction of sp³-hybridized carbons (Fsp3) is 0.211. The van der Waals surface area contributed by atoms with Gasteiger partial charge in [0.25, 0.3) is 5.91 Å². The topological polar surface area (TPSA) is 102 Å². The van der Waals surface area contributed by atoms with Crippen LogP contribution in [0.3, 0.4) is 0 Å². The van der Waals surface area contributed by atoms with Gasteiger partial charge in [0.15, 0.2) is 6.61 Å². The van der Waals surface area contributed by atoms with Crippen LogP contribution in [-0.2, 0) is 20.7 Å². The number of nitrogens with zero attached hydrogens (tertiary/aromatic N) is 1. The first-order chi connectivity index (χ1) is 12.9. The highest BCUT2D eigenvalue weighted by atomic mass is 35.5. The molecule has 2 aromatic carbocycles. The highest BCUT2D eigenvalue weighted by Gasteiger charge is 2.22. The number of nitrogens with one attached hydrogen (secondary N) is 1. The fourth-order valence-corrected chi connectivity index (χ4v) is 3.10. The number of nitrogens with two attached hydrogens (primary N) is 1. The van der Waals surface area contributed by atoms with Gasteiger partial charge in [-0.25, -0.2) is 4.79 Å². The lowest BCUT2D eigenvalue weighted by atomic mass is 10.1. The third kappa shape index (κ3) is 4.03. The summed E-state index contributed by atoms with van der Waals surface area (Å²) in [6.07, 6.45) is 0.724. The van der Waals surface area contributed by atoms with Crippen molar-refractivity contribution in [2.45, 2.75) is 13.3 Å². The van der Waals surface area contributed by atoms with E-state index in [9.17, 15) is 14.4 Å². The lowest BCUT2D eigenvalue weighted by Gasteiger charge is -2.15. The Balaban J connectivity index is 1.59. The first-order valence-electron chi connectivity index (χ1n) is 8.29. The zero-order valence-corrected chi connectivity index (χ0v) is 15.4. The van der Waals surface area contributed by atoms with E-state index < -0.39 is 18.5 Å². The summed E-state index contributed by atoms with van der Waals surface area (Å²) in [7, 11) is 0. The Morgan fingerprint density at radius 2 is 2.04 bits per heavy atom. The van der Waals surface area contributed by atoms with E-state index in [1.807, 2.05) is 6.07 Å². The summed E-state index contributed by atoms with van der Waals surface area (Å²) in [6.45, 7) is 1.69. The van der Waals surface area contributed by atoms with Crippen LogP contribution in [0.2, 0.25) is 5.02 Å². The number of carbonyl (C=O) groups excluding carboxylic acids is 3. The average Bonchev–Trinajstić information content (AvgIpc) is 3.05. The van der Waals surface area contributed by atoms with Crippen LogP contribution in [0.15, 0.2) is 36.4 Å². The molecule has 0 atom stereocenters. The molecule has 2 amide bonds. The molecule has 3 rings (SSSR count). The van der Waals surface area contributed by atoms with Crippen molar-refractivity contribution in [1.82, 2.24) is 0 Å². The Hall–Kier alpha value is -3.06. The molecule has 0 radical (unpaired) electrons. The maximum atomic E-state index is 12.1. The molecule has 0 saturated heterocycles. The summed E-state index contributed by atoms with van der Waals surface area (Å²) >= 11 is 5.87. The van der Waals surface area contributed by atoms with Crippen LogP contribution in [-0.4, -0.2) is 30.9 Å². The van der Waals surface area contributed by atoms with Gasteiger partial charge in [0.1, 0.15) is 0 Å². The zero-order valence-electron chi connectivity index (χ0n) is 14.6. The van der Waals surface area contributed by atoms with Gasteiger partial charge in [-0.3, -0.25) is 9.59 Å². The number of anilines is 3. The third-order valence-electron chi connectivity index (χ3n) is 4.25. The maximum absolute atomic E-state index is 12.1. The summed E-state index contributed by atoms with van der Waals surface area (Å²) in [4.78, 5) is 37.4. The Labute approximate surface area is 161 Å². The van der Waals surface area contributed by atoms with Crippen LogP contribution in [0.4, 0.5) is 17.1 Å². The van der Waals surface area contributed by atoms with Crippen molar-refractivity contribution in [2.75, 3.05) is 29.1 Å². The Morgan fingerprint density at radius 1 is 1.26 bits per heavy atom. The van der Waals surface area contributed by atoms with Gasteiger partial charge in [0.2, 0.25) is 5.91 Å². The molecule has 1 heterocycles. The van der Waals surface area contributed by atoms with Crippen LogP contribution < -0.4 is 16.0 Å². The molecule has 2 aromatic rings. The highest BCUT2D eigenvalue weighted by Crippen LogP contribution is 2.30. The molecule has 0 aliphatic carbocycles. The van der Waals surface area contributed by atoms with Gasteiger partial charge in [0.05, 0.1) is 16.3 Å². The van der Waals surface area contributed by atoms with E-state index in [1.165, 1.54) is 13.0 Å². The third-order valence-corrected chi connectivity index (χ3v) is 4.58. The van der Waals surface area contributed by atoms with Crippen molar-refractivity contribution in [1.29, 1.82) is 0 Å². The molecular weight excluding hydrogens is 370 g/mol. The van der Waals surface area contributed by atoms with Gasteiger partial charge in [0, 0.05) is 24.8 Å². The molecule has 0 aromatic heterocycles. The number of esters is 1. The fourth-order valence-electron chi connectivity index (χ4n) is 2.93. The van der Waals surface area contributed by atoms with Crippen LogP contribution in [0.1, 0.15) is 22.8 Å². The summed E-state index contributed by atoms with van der Waals surface area (Å²) in [5.74, 6) is -1.22. The van der Waals surface area contributed by atoms with E-state index in [0.717, 1.165) is 17.7 Å². The van der Waals surface area contributed by atoms with Gasteiger partial charge in [-0.2, -0.15) is 0 Å². The van der Waals surface area contributed by atoms with Crippen LogP contribution in [0.5, 0.6) is 0 Å². The minimum Gasteiger partial charge on any atom is -0.452 e. The standard InChI is InChI=1S/C19H18ClN3O4/c1-11(24)23-8-7-12-9-13(5-6-16(12)23)22-17(25)10-27-19(26)14-3-2-4-15(20)18(14)21/h2-6,9H,7-8,10,21H2,1H3,(H,22,25). The molecule has 7 nitrogen and oxygen atoms in total. The molecule has 27 heavy (non-hydrogen) atoms. The minimum atomic E-state index is -0.726. The predicted molar refractivity (Wildman–Crippen MR) is 103 cm³/mol. The molecule has 0 fully saturated rings. The number of fused-ring (bicyclic) bond motifs is 1. The first-order valence-corrected chi connectivity index (χ1v) is 8.66. The zero-order chi connectivity index (χ0) is 19.6. The Bertz CT molecular complexity index is 929. The summed E-state index contributed by atoms with van der Waals surface area (Å²) < 4.78 is 5.00. The summed E-state index contributed by atoms with van der Waals surface area (Å²) in [5, 5.41) is 2.91. The number of nitrogen functional groups attached to an aromatic ring is 1. The normalized spacial score (nSPS) is 12.4. The smallest absolute Gasteiger partial charge is 0.340 e. The minimum absolute atomic E-state index is 0.0160. The van der Waals surface area contributed by atoms with E-state index in [1.54, 1.807) is 29.2 Å². The van der Waals surface area contributed by atoms with E-state index in [0.29, 0.717) is 12.2 Å². The number of rotatable bonds is 4. The van der Waals surface area contributed by atoms with Gasteiger partial charge in [-0.1, -0.05) is 17.7 Å². The lowest BCUT2D eigenvalue weighted by molar-refractivity contribution is -0.119.